The number of anilines is 1. The van der Waals surface area contributed by atoms with Gasteiger partial charge in [-0.3, -0.25) is 0 Å². The van der Waals surface area contributed by atoms with Crippen LogP contribution in [0, 0.1) is 13.8 Å². The Morgan fingerprint density at radius 1 is 1.17 bits per heavy atom. The van der Waals surface area contributed by atoms with Crippen molar-refractivity contribution in [3.05, 3.63) is 11.4 Å². The summed E-state index contributed by atoms with van der Waals surface area (Å²) >= 11 is 0. The molecule has 1 heterocycles. The van der Waals surface area contributed by atoms with E-state index in [4.69, 9.17) is 0 Å². The van der Waals surface area contributed by atoms with Gasteiger partial charge in [-0.2, -0.15) is 5.10 Å². The van der Waals surface area contributed by atoms with Crippen molar-refractivity contribution in [2.24, 2.45) is 0 Å². The molecule has 1 aromatic heterocycles. The van der Waals surface area contributed by atoms with Gasteiger partial charge in [-0.05, 0) is 20.3 Å². The summed E-state index contributed by atoms with van der Waals surface area (Å²) in [5, 5.41) is 10.9. The average molecular weight is 166 g/mol. The molecule has 4 nitrogen and oxygen atoms in total. The van der Waals surface area contributed by atoms with Crippen LogP contribution in [0.5, 0.6) is 0 Å². The lowest BCUT2D eigenvalue weighted by Crippen LogP contribution is -2.07. The van der Waals surface area contributed by atoms with Gasteiger partial charge in [-0.1, -0.05) is 6.92 Å². The van der Waals surface area contributed by atoms with Gasteiger partial charge in [0.2, 0.25) is 5.95 Å². The van der Waals surface area contributed by atoms with E-state index < -0.39 is 0 Å². The van der Waals surface area contributed by atoms with Gasteiger partial charge in [-0.25, -0.2) is 4.98 Å². The van der Waals surface area contributed by atoms with Crippen LogP contribution < -0.4 is 5.32 Å². The quantitative estimate of drug-likeness (QED) is 0.735. The third-order valence-electron chi connectivity index (χ3n) is 1.63. The van der Waals surface area contributed by atoms with E-state index in [1.54, 1.807) is 0 Å². The molecule has 0 unspecified atom stereocenters. The van der Waals surface area contributed by atoms with Crippen LogP contribution in [0.15, 0.2) is 0 Å². The van der Waals surface area contributed by atoms with Crippen molar-refractivity contribution in [1.82, 2.24) is 15.2 Å². The lowest BCUT2D eigenvalue weighted by atomic mass is 10.4. The van der Waals surface area contributed by atoms with Crippen LogP contribution in [0.3, 0.4) is 0 Å². The Hall–Kier alpha value is -1.19. The summed E-state index contributed by atoms with van der Waals surface area (Å²) in [5.41, 5.74) is 1.82. The summed E-state index contributed by atoms with van der Waals surface area (Å²) < 4.78 is 0. The van der Waals surface area contributed by atoms with Crippen LogP contribution in [0.2, 0.25) is 0 Å². The first-order chi connectivity index (χ1) is 5.74. The Balaban J connectivity index is 2.69. The van der Waals surface area contributed by atoms with Crippen LogP contribution in [-0.2, 0) is 0 Å². The predicted molar refractivity (Wildman–Crippen MR) is 48.1 cm³/mol. The van der Waals surface area contributed by atoms with Crippen molar-refractivity contribution in [1.29, 1.82) is 0 Å². The van der Waals surface area contributed by atoms with E-state index in [0.29, 0.717) is 5.95 Å². The predicted octanol–water partition coefficient (Wildman–Crippen LogP) is 1.31. The van der Waals surface area contributed by atoms with Gasteiger partial charge in [0.05, 0.1) is 11.4 Å². The fraction of sp³-hybridized carbons (Fsp3) is 0.625. The zero-order valence-corrected chi connectivity index (χ0v) is 7.76. The maximum absolute atomic E-state index is 4.23. The van der Waals surface area contributed by atoms with Crippen molar-refractivity contribution in [2.45, 2.75) is 27.2 Å². The van der Waals surface area contributed by atoms with E-state index in [-0.39, 0.29) is 0 Å². The molecule has 0 aromatic carbocycles. The van der Waals surface area contributed by atoms with Gasteiger partial charge < -0.3 is 5.32 Å². The van der Waals surface area contributed by atoms with Crippen LogP contribution in [0.4, 0.5) is 5.95 Å². The monoisotopic (exact) mass is 166 g/mol. The molecule has 0 fully saturated rings. The zero-order chi connectivity index (χ0) is 8.97. The van der Waals surface area contributed by atoms with Crippen molar-refractivity contribution < 1.29 is 0 Å². The van der Waals surface area contributed by atoms with E-state index in [2.05, 4.69) is 27.4 Å². The minimum Gasteiger partial charge on any atom is -0.353 e. The molecule has 0 aliphatic rings. The average Bonchev–Trinajstić information content (AvgIpc) is 2.07. The van der Waals surface area contributed by atoms with Crippen LogP contribution >= 0.6 is 0 Å². The molecule has 4 heteroatoms. The molecule has 0 saturated carbocycles. The maximum atomic E-state index is 4.23. The first-order valence-electron chi connectivity index (χ1n) is 4.16. The summed E-state index contributed by atoms with van der Waals surface area (Å²) in [7, 11) is 0. The highest BCUT2D eigenvalue weighted by Crippen LogP contribution is 2.01. The summed E-state index contributed by atoms with van der Waals surface area (Å²) in [6.45, 7) is 6.83. The number of nitrogens with one attached hydrogen (secondary N) is 1. The van der Waals surface area contributed by atoms with Crippen molar-refractivity contribution in [3.8, 4) is 0 Å². The molecule has 1 aromatic rings. The number of aromatic nitrogens is 3. The molecule has 0 spiro atoms. The highest BCUT2D eigenvalue weighted by molar-refractivity contribution is 5.24. The van der Waals surface area contributed by atoms with Gasteiger partial charge >= 0.3 is 0 Å². The first kappa shape index (κ1) is 8.90. The van der Waals surface area contributed by atoms with E-state index >= 15 is 0 Å². The fourth-order valence-corrected chi connectivity index (χ4v) is 0.769. The third-order valence-corrected chi connectivity index (χ3v) is 1.63. The molecule has 1 N–H and O–H groups in total. The standard InChI is InChI=1S/C8H14N4/c1-4-5-9-8-10-6(2)7(3)11-12-8/h4-5H2,1-3H3,(H,9,10,12). The lowest BCUT2D eigenvalue weighted by Gasteiger charge is -2.02. The molecule has 0 amide bonds. The molecular formula is C8H14N4. The fourth-order valence-electron chi connectivity index (χ4n) is 0.769. The molecule has 0 radical (unpaired) electrons. The van der Waals surface area contributed by atoms with Gasteiger partial charge in [0.15, 0.2) is 0 Å². The van der Waals surface area contributed by atoms with E-state index in [9.17, 15) is 0 Å². The second-order valence-corrected chi connectivity index (χ2v) is 2.73. The van der Waals surface area contributed by atoms with Crippen LogP contribution in [0.25, 0.3) is 0 Å². The van der Waals surface area contributed by atoms with Crippen LogP contribution in [-0.4, -0.2) is 21.7 Å². The topological polar surface area (TPSA) is 50.7 Å². The molecule has 1 rings (SSSR count). The number of aryl methyl sites for hydroxylation is 2. The minimum atomic E-state index is 0.625. The van der Waals surface area contributed by atoms with E-state index in [1.165, 1.54) is 0 Å². The second kappa shape index (κ2) is 3.99. The van der Waals surface area contributed by atoms with Crippen molar-refractivity contribution in [3.63, 3.8) is 0 Å². The van der Waals surface area contributed by atoms with Gasteiger partial charge in [0.1, 0.15) is 0 Å². The van der Waals surface area contributed by atoms with E-state index in [1.807, 2.05) is 13.8 Å². The van der Waals surface area contributed by atoms with Gasteiger partial charge in [0, 0.05) is 6.54 Å². The molecular weight excluding hydrogens is 152 g/mol. The Morgan fingerprint density at radius 2 is 1.92 bits per heavy atom. The lowest BCUT2D eigenvalue weighted by molar-refractivity contribution is 0.871. The molecule has 66 valence electrons. The minimum absolute atomic E-state index is 0.625. The third kappa shape index (κ3) is 2.15. The van der Waals surface area contributed by atoms with Crippen molar-refractivity contribution in [2.75, 3.05) is 11.9 Å². The van der Waals surface area contributed by atoms with Gasteiger partial charge in [-0.15, -0.1) is 5.10 Å². The molecule has 0 atom stereocenters. The summed E-state index contributed by atoms with van der Waals surface area (Å²) in [6.07, 6.45) is 1.07. The number of nitrogens with zero attached hydrogens (tertiary/aromatic N) is 3. The zero-order valence-electron chi connectivity index (χ0n) is 7.76. The normalized spacial score (nSPS) is 9.92. The molecule has 0 bridgehead atoms. The molecule has 12 heavy (non-hydrogen) atoms. The highest BCUT2D eigenvalue weighted by atomic mass is 15.2. The second-order valence-electron chi connectivity index (χ2n) is 2.73. The molecule has 0 aliphatic carbocycles. The highest BCUT2D eigenvalue weighted by Gasteiger charge is 1.98. The molecule has 0 saturated heterocycles. The number of rotatable bonds is 3. The summed E-state index contributed by atoms with van der Waals surface area (Å²) in [4.78, 5) is 4.23. The Kier molecular flexibility index (Phi) is 2.96. The number of hydrogen-bond acceptors (Lipinski definition) is 4. The Morgan fingerprint density at radius 3 is 2.50 bits per heavy atom. The SMILES string of the molecule is CCCNc1nnc(C)c(C)n1. The molecule has 0 aliphatic heterocycles. The largest absolute Gasteiger partial charge is 0.353 e. The summed E-state index contributed by atoms with van der Waals surface area (Å²) in [5.74, 6) is 0.625. The Bertz CT molecular complexity index is 259. The maximum Gasteiger partial charge on any atom is 0.242 e. The first-order valence-corrected chi connectivity index (χ1v) is 4.16. The van der Waals surface area contributed by atoms with Gasteiger partial charge in [0.25, 0.3) is 0 Å². The number of hydrogen-bond donors (Lipinski definition) is 1. The smallest absolute Gasteiger partial charge is 0.242 e. The van der Waals surface area contributed by atoms with Crippen LogP contribution in [0.1, 0.15) is 24.7 Å². The van der Waals surface area contributed by atoms with E-state index in [0.717, 1.165) is 24.4 Å². The Labute approximate surface area is 72.4 Å². The van der Waals surface area contributed by atoms with Crippen molar-refractivity contribution >= 4 is 5.95 Å². The summed E-state index contributed by atoms with van der Waals surface area (Å²) in [6, 6.07) is 0.